The molecule has 1 nitrogen and oxygen atoms in total. The highest BCUT2D eigenvalue weighted by Crippen LogP contribution is 2.22. The highest BCUT2D eigenvalue weighted by atomic mass is 15.2. The van der Waals surface area contributed by atoms with Crippen LogP contribution in [0.3, 0.4) is 0 Å². The van der Waals surface area contributed by atoms with Crippen molar-refractivity contribution in [1.82, 2.24) is 4.90 Å². The second-order valence-corrected chi connectivity index (χ2v) is 4.51. The molecule has 1 aliphatic rings. The largest absolute Gasteiger partial charge is 0.296 e. The SMILES string of the molecule is C=C1CCN(Cc2ccccc2)C(C)C1. The minimum atomic E-state index is 0.645. The van der Waals surface area contributed by atoms with Gasteiger partial charge in [-0.3, -0.25) is 4.90 Å². The van der Waals surface area contributed by atoms with Gasteiger partial charge in [0.15, 0.2) is 0 Å². The maximum absolute atomic E-state index is 4.08. The van der Waals surface area contributed by atoms with E-state index in [1.807, 2.05) is 0 Å². The Bertz CT molecular complexity index is 328. The Morgan fingerprint density at radius 2 is 2.07 bits per heavy atom. The van der Waals surface area contributed by atoms with Gasteiger partial charge in [-0.05, 0) is 25.3 Å². The van der Waals surface area contributed by atoms with Gasteiger partial charge in [0.25, 0.3) is 0 Å². The van der Waals surface area contributed by atoms with Gasteiger partial charge in [0.05, 0.1) is 0 Å². The summed E-state index contributed by atoms with van der Waals surface area (Å²) in [4.78, 5) is 2.55. The smallest absolute Gasteiger partial charge is 0.0236 e. The number of rotatable bonds is 2. The summed E-state index contributed by atoms with van der Waals surface area (Å²) in [6.07, 6.45) is 2.32. The Hall–Kier alpha value is -1.08. The molecule has 1 fully saturated rings. The third-order valence-electron chi connectivity index (χ3n) is 3.19. The molecular weight excluding hydrogens is 182 g/mol. The van der Waals surface area contributed by atoms with Crippen molar-refractivity contribution in [2.45, 2.75) is 32.4 Å². The van der Waals surface area contributed by atoms with Crippen molar-refractivity contribution in [2.75, 3.05) is 6.54 Å². The average Bonchev–Trinajstić information content (AvgIpc) is 2.24. The molecule has 2 rings (SSSR count). The summed E-state index contributed by atoms with van der Waals surface area (Å²) in [5, 5.41) is 0. The van der Waals surface area contributed by atoms with E-state index in [0.29, 0.717) is 6.04 Å². The zero-order valence-corrected chi connectivity index (χ0v) is 9.45. The molecule has 0 radical (unpaired) electrons. The van der Waals surface area contributed by atoms with Gasteiger partial charge in [-0.1, -0.05) is 42.5 Å². The van der Waals surface area contributed by atoms with Crippen molar-refractivity contribution in [1.29, 1.82) is 0 Å². The number of likely N-dealkylation sites (tertiary alicyclic amines) is 1. The molecule has 0 spiro atoms. The summed E-state index contributed by atoms with van der Waals surface area (Å²) in [7, 11) is 0. The first kappa shape index (κ1) is 10.4. The topological polar surface area (TPSA) is 3.24 Å². The Labute approximate surface area is 92.4 Å². The van der Waals surface area contributed by atoms with E-state index in [2.05, 4.69) is 48.7 Å². The highest BCUT2D eigenvalue weighted by Gasteiger charge is 2.19. The monoisotopic (exact) mass is 201 g/mol. The number of nitrogens with zero attached hydrogens (tertiary/aromatic N) is 1. The van der Waals surface area contributed by atoms with Crippen LogP contribution in [0.15, 0.2) is 42.5 Å². The third-order valence-corrected chi connectivity index (χ3v) is 3.19. The van der Waals surface area contributed by atoms with Crippen LogP contribution < -0.4 is 0 Å². The highest BCUT2D eigenvalue weighted by molar-refractivity contribution is 5.15. The van der Waals surface area contributed by atoms with Crippen LogP contribution >= 0.6 is 0 Å². The Balaban J connectivity index is 1.98. The van der Waals surface area contributed by atoms with Crippen molar-refractivity contribution in [2.24, 2.45) is 0 Å². The van der Waals surface area contributed by atoms with E-state index in [9.17, 15) is 0 Å². The molecule has 80 valence electrons. The molecule has 1 aliphatic heterocycles. The first-order chi connectivity index (χ1) is 7.25. The molecule has 1 atom stereocenters. The first-order valence-corrected chi connectivity index (χ1v) is 5.70. The van der Waals surface area contributed by atoms with Crippen LogP contribution in [0, 0.1) is 0 Å². The van der Waals surface area contributed by atoms with Crippen LogP contribution in [0.1, 0.15) is 25.3 Å². The minimum Gasteiger partial charge on any atom is -0.296 e. The van der Waals surface area contributed by atoms with Crippen LogP contribution in [0.2, 0.25) is 0 Å². The lowest BCUT2D eigenvalue weighted by Gasteiger charge is -2.34. The summed E-state index contributed by atoms with van der Waals surface area (Å²) in [5.41, 5.74) is 2.82. The van der Waals surface area contributed by atoms with Gasteiger partial charge >= 0.3 is 0 Å². The molecule has 0 bridgehead atoms. The Kier molecular flexibility index (Phi) is 3.22. The van der Waals surface area contributed by atoms with Gasteiger partial charge < -0.3 is 0 Å². The summed E-state index contributed by atoms with van der Waals surface area (Å²) >= 11 is 0. The molecule has 1 heterocycles. The molecule has 0 saturated carbocycles. The van der Waals surface area contributed by atoms with Crippen molar-refractivity contribution in [3.63, 3.8) is 0 Å². The van der Waals surface area contributed by atoms with Crippen LogP contribution in [0.4, 0.5) is 0 Å². The second-order valence-electron chi connectivity index (χ2n) is 4.51. The quantitative estimate of drug-likeness (QED) is 0.664. The Morgan fingerprint density at radius 1 is 1.33 bits per heavy atom. The van der Waals surface area contributed by atoms with E-state index in [0.717, 1.165) is 25.9 Å². The van der Waals surface area contributed by atoms with Gasteiger partial charge in [-0.15, -0.1) is 0 Å². The first-order valence-electron chi connectivity index (χ1n) is 5.70. The van der Waals surface area contributed by atoms with Crippen LogP contribution in [0.5, 0.6) is 0 Å². The summed E-state index contributed by atoms with van der Waals surface area (Å²) < 4.78 is 0. The number of piperidine rings is 1. The summed E-state index contributed by atoms with van der Waals surface area (Å²) in [6, 6.07) is 11.4. The van der Waals surface area contributed by atoms with E-state index < -0.39 is 0 Å². The van der Waals surface area contributed by atoms with E-state index in [-0.39, 0.29) is 0 Å². The summed E-state index contributed by atoms with van der Waals surface area (Å²) in [6.45, 7) is 8.62. The standard InChI is InChI=1S/C14H19N/c1-12-8-9-15(13(2)10-12)11-14-6-4-3-5-7-14/h3-7,13H,1,8-11H2,2H3. The van der Waals surface area contributed by atoms with Crippen molar-refractivity contribution >= 4 is 0 Å². The van der Waals surface area contributed by atoms with Crippen LogP contribution in [0.25, 0.3) is 0 Å². The van der Waals surface area contributed by atoms with Crippen molar-refractivity contribution < 1.29 is 0 Å². The zero-order chi connectivity index (χ0) is 10.7. The predicted octanol–water partition coefficient (Wildman–Crippen LogP) is 3.23. The molecule has 1 heteroatoms. The van der Waals surface area contributed by atoms with Crippen LogP contribution in [-0.2, 0) is 6.54 Å². The fourth-order valence-electron chi connectivity index (χ4n) is 2.22. The van der Waals surface area contributed by atoms with Gasteiger partial charge in [0, 0.05) is 19.1 Å². The lowest BCUT2D eigenvalue weighted by Crippen LogP contribution is -2.37. The van der Waals surface area contributed by atoms with Crippen LogP contribution in [-0.4, -0.2) is 17.5 Å². The van der Waals surface area contributed by atoms with Gasteiger partial charge in [0.2, 0.25) is 0 Å². The van der Waals surface area contributed by atoms with E-state index in [4.69, 9.17) is 0 Å². The van der Waals surface area contributed by atoms with Gasteiger partial charge in [0.1, 0.15) is 0 Å². The van der Waals surface area contributed by atoms with E-state index >= 15 is 0 Å². The molecule has 1 aromatic carbocycles. The summed E-state index contributed by atoms with van der Waals surface area (Å²) in [5.74, 6) is 0. The molecule has 1 unspecified atom stereocenters. The Morgan fingerprint density at radius 3 is 2.73 bits per heavy atom. The lowest BCUT2D eigenvalue weighted by atomic mass is 9.98. The predicted molar refractivity (Wildman–Crippen MR) is 64.7 cm³/mol. The zero-order valence-electron chi connectivity index (χ0n) is 9.45. The average molecular weight is 201 g/mol. The number of benzene rings is 1. The molecular formula is C14H19N. The maximum Gasteiger partial charge on any atom is 0.0236 e. The molecule has 1 saturated heterocycles. The van der Waals surface area contributed by atoms with Gasteiger partial charge in [-0.2, -0.15) is 0 Å². The van der Waals surface area contributed by atoms with Crippen molar-refractivity contribution in [3.05, 3.63) is 48.0 Å². The minimum absolute atomic E-state index is 0.645. The lowest BCUT2D eigenvalue weighted by molar-refractivity contribution is 0.178. The van der Waals surface area contributed by atoms with E-state index in [1.54, 1.807) is 0 Å². The molecule has 0 N–H and O–H groups in total. The molecule has 1 aromatic rings. The molecule has 0 aromatic heterocycles. The fraction of sp³-hybridized carbons (Fsp3) is 0.429. The number of hydrogen-bond donors (Lipinski definition) is 0. The molecule has 0 aliphatic carbocycles. The second kappa shape index (κ2) is 4.63. The van der Waals surface area contributed by atoms with Crippen molar-refractivity contribution in [3.8, 4) is 0 Å². The number of hydrogen-bond acceptors (Lipinski definition) is 1. The molecule has 0 amide bonds. The third kappa shape index (κ3) is 2.69. The van der Waals surface area contributed by atoms with E-state index in [1.165, 1.54) is 11.1 Å². The normalized spacial score (nSPS) is 23.0. The van der Waals surface area contributed by atoms with Gasteiger partial charge in [-0.25, -0.2) is 0 Å². The maximum atomic E-state index is 4.08. The fourth-order valence-corrected chi connectivity index (χ4v) is 2.22. The molecule has 15 heavy (non-hydrogen) atoms.